The zero-order chi connectivity index (χ0) is 43.7. The van der Waals surface area contributed by atoms with Crippen LogP contribution in [0.4, 0.5) is 0 Å². The third kappa shape index (κ3) is 5.61. The van der Waals surface area contributed by atoms with Crippen LogP contribution in [0.25, 0.3) is 33.2 Å². The Morgan fingerprint density at radius 1 is 0.303 bits per heavy atom. The van der Waals surface area contributed by atoms with Gasteiger partial charge in [0, 0.05) is 45.4 Å². The Hall–Kier alpha value is -7.94. The third-order valence-electron chi connectivity index (χ3n) is 15.2. The number of benzene rings is 9. The van der Waals surface area contributed by atoms with Crippen molar-refractivity contribution >= 4 is 21.8 Å². The highest BCUT2D eigenvalue weighted by Crippen LogP contribution is 2.61. The second-order valence-corrected chi connectivity index (χ2v) is 18.4. The van der Waals surface area contributed by atoms with Crippen LogP contribution in [0.5, 0.6) is 0 Å². The average molecular weight is 845 g/mol. The van der Waals surface area contributed by atoms with E-state index >= 15 is 0 Å². The number of rotatable bonds is 8. The molecule has 9 aromatic carbocycles. The Morgan fingerprint density at radius 3 is 0.955 bits per heavy atom. The van der Waals surface area contributed by atoms with Crippen molar-refractivity contribution in [2.24, 2.45) is 0 Å². The Bertz CT molecular complexity index is 3200. The molecule has 314 valence electrons. The first kappa shape index (κ1) is 38.5. The fourth-order valence-electron chi connectivity index (χ4n) is 12.6. The lowest BCUT2D eigenvalue weighted by Gasteiger charge is -2.35. The molecule has 2 atom stereocenters. The summed E-state index contributed by atoms with van der Waals surface area (Å²) in [7, 11) is 0. The molecule has 2 heterocycles. The fourth-order valence-corrected chi connectivity index (χ4v) is 12.6. The summed E-state index contributed by atoms with van der Waals surface area (Å²) in [4.78, 5) is 0. The van der Waals surface area contributed by atoms with Gasteiger partial charge in [-0.15, -0.1) is 0 Å². The molecule has 0 radical (unpaired) electrons. The van der Waals surface area contributed by atoms with Crippen LogP contribution in [0.1, 0.15) is 80.6 Å². The summed E-state index contributed by atoms with van der Waals surface area (Å²) in [5, 5.41) is 2.62. The van der Waals surface area contributed by atoms with E-state index in [0.29, 0.717) is 0 Å². The van der Waals surface area contributed by atoms with Gasteiger partial charge < -0.3 is 9.13 Å². The van der Waals surface area contributed by atoms with E-state index in [1.165, 1.54) is 77.7 Å². The van der Waals surface area contributed by atoms with Crippen LogP contribution in [0, 0.1) is 0 Å². The summed E-state index contributed by atoms with van der Waals surface area (Å²) in [6, 6.07) is 95.3. The molecule has 2 nitrogen and oxygen atoms in total. The molecular formula is C64H48N2. The zero-order valence-electron chi connectivity index (χ0n) is 36.7. The van der Waals surface area contributed by atoms with Crippen molar-refractivity contribution in [3.8, 4) is 11.4 Å². The monoisotopic (exact) mass is 844 g/mol. The van der Waals surface area contributed by atoms with Crippen molar-refractivity contribution in [2.45, 2.75) is 35.5 Å². The molecule has 11 aromatic rings. The van der Waals surface area contributed by atoms with Crippen LogP contribution in [-0.2, 0) is 10.8 Å². The van der Waals surface area contributed by atoms with E-state index in [4.69, 9.17) is 0 Å². The zero-order valence-corrected chi connectivity index (χ0v) is 36.7. The van der Waals surface area contributed by atoms with Gasteiger partial charge in [-0.3, -0.25) is 0 Å². The molecule has 0 bridgehead atoms. The van der Waals surface area contributed by atoms with Gasteiger partial charge in [0.1, 0.15) is 0 Å². The highest BCUT2D eigenvalue weighted by atomic mass is 15.1. The SMILES string of the molecule is c1ccc(C2CC(c3ccccc3)(c3ccccc3)c3c2c2ccccc2n3-c2cccc(-n3c4c(c5ccccc53)C(c3ccccc3)CC4(c3ccccc3)c3ccccc3)c2)cc1. The highest BCUT2D eigenvalue weighted by Gasteiger charge is 2.52. The minimum absolute atomic E-state index is 0.180. The minimum atomic E-state index is -0.437. The van der Waals surface area contributed by atoms with Crippen LogP contribution in [-0.4, -0.2) is 9.13 Å². The smallest absolute Gasteiger partial charge is 0.0619 e. The predicted octanol–water partition coefficient (Wildman–Crippen LogP) is 15.3. The van der Waals surface area contributed by atoms with Gasteiger partial charge in [0.2, 0.25) is 0 Å². The van der Waals surface area contributed by atoms with Gasteiger partial charge in [0.15, 0.2) is 0 Å². The topological polar surface area (TPSA) is 9.86 Å². The lowest BCUT2D eigenvalue weighted by Crippen LogP contribution is -2.30. The summed E-state index contributed by atoms with van der Waals surface area (Å²) < 4.78 is 5.27. The second kappa shape index (κ2) is 15.4. The number of nitrogens with zero attached hydrogens (tertiary/aromatic N) is 2. The first-order chi connectivity index (χ1) is 32.8. The molecule has 2 heteroatoms. The van der Waals surface area contributed by atoms with Crippen molar-refractivity contribution in [3.05, 3.63) is 311 Å². The molecular weight excluding hydrogens is 797 g/mol. The number of fused-ring (bicyclic) bond motifs is 6. The highest BCUT2D eigenvalue weighted by molar-refractivity contribution is 5.93. The molecule has 2 aromatic heterocycles. The molecule has 0 saturated carbocycles. The maximum absolute atomic E-state index is 2.64. The molecule has 13 rings (SSSR count). The summed E-state index contributed by atoms with van der Waals surface area (Å²) in [6.45, 7) is 0. The Labute approximate surface area is 386 Å². The average Bonchev–Trinajstić information content (AvgIpc) is 4.15. The van der Waals surface area contributed by atoms with E-state index in [0.717, 1.165) is 24.2 Å². The van der Waals surface area contributed by atoms with Crippen LogP contribution >= 0.6 is 0 Å². The van der Waals surface area contributed by atoms with E-state index in [1.807, 2.05) is 0 Å². The second-order valence-electron chi connectivity index (χ2n) is 18.4. The van der Waals surface area contributed by atoms with Crippen molar-refractivity contribution in [3.63, 3.8) is 0 Å². The summed E-state index contributed by atoms with van der Waals surface area (Å²) in [6.07, 6.45) is 1.85. The van der Waals surface area contributed by atoms with E-state index in [1.54, 1.807) is 0 Å². The molecule has 66 heavy (non-hydrogen) atoms. The molecule has 2 aliphatic rings. The molecule has 2 unspecified atom stereocenters. The number of hydrogen-bond acceptors (Lipinski definition) is 0. The van der Waals surface area contributed by atoms with E-state index in [-0.39, 0.29) is 11.8 Å². The minimum Gasteiger partial charge on any atom is -0.312 e. The Balaban J connectivity index is 1.13. The first-order valence-corrected chi connectivity index (χ1v) is 23.5. The van der Waals surface area contributed by atoms with Crippen LogP contribution in [0.3, 0.4) is 0 Å². The van der Waals surface area contributed by atoms with Crippen molar-refractivity contribution in [1.82, 2.24) is 9.13 Å². The Kier molecular flexibility index (Phi) is 8.96. The summed E-state index contributed by atoms with van der Waals surface area (Å²) in [5.74, 6) is 0.361. The van der Waals surface area contributed by atoms with Crippen molar-refractivity contribution in [2.75, 3.05) is 0 Å². The number of para-hydroxylation sites is 2. The van der Waals surface area contributed by atoms with Gasteiger partial charge in [0.05, 0.1) is 21.9 Å². The first-order valence-electron chi connectivity index (χ1n) is 23.5. The van der Waals surface area contributed by atoms with Crippen LogP contribution < -0.4 is 0 Å². The van der Waals surface area contributed by atoms with Crippen LogP contribution in [0.15, 0.2) is 255 Å². The fraction of sp³-hybridized carbons (Fsp3) is 0.0938. The lowest BCUT2D eigenvalue weighted by atomic mass is 9.71. The van der Waals surface area contributed by atoms with Gasteiger partial charge in [-0.1, -0.05) is 224 Å². The van der Waals surface area contributed by atoms with E-state index < -0.39 is 10.8 Å². The predicted molar refractivity (Wildman–Crippen MR) is 271 cm³/mol. The number of hydrogen-bond donors (Lipinski definition) is 0. The van der Waals surface area contributed by atoms with Gasteiger partial charge in [-0.2, -0.15) is 0 Å². The molecule has 0 saturated heterocycles. The van der Waals surface area contributed by atoms with Gasteiger partial charge in [-0.05, 0) is 87.7 Å². The molecule has 0 N–H and O–H groups in total. The molecule has 0 spiro atoms. The molecule has 0 aliphatic heterocycles. The lowest BCUT2D eigenvalue weighted by molar-refractivity contribution is 0.557. The van der Waals surface area contributed by atoms with Crippen LogP contribution in [0.2, 0.25) is 0 Å². The largest absolute Gasteiger partial charge is 0.312 e. The quantitative estimate of drug-likeness (QED) is 0.144. The van der Waals surface area contributed by atoms with Crippen molar-refractivity contribution < 1.29 is 0 Å². The van der Waals surface area contributed by atoms with Crippen molar-refractivity contribution in [1.29, 1.82) is 0 Å². The summed E-state index contributed by atoms with van der Waals surface area (Å²) >= 11 is 0. The van der Waals surface area contributed by atoms with Gasteiger partial charge in [0.25, 0.3) is 0 Å². The summed E-state index contributed by atoms with van der Waals surface area (Å²) in [5.41, 5.74) is 17.4. The normalized spacial score (nSPS) is 16.9. The van der Waals surface area contributed by atoms with Gasteiger partial charge in [-0.25, -0.2) is 0 Å². The standard InChI is InChI=1S/C64H48N2/c1-7-24-45(25-8-1)55-43-63(47-28-11-3-12-29-47,48-30-13-4-14-31-48)61-59(55)53-38-19-21-40-57(53)65(61)51-36-23-37-52(42-51)66-58-41-22-20-39-54(58)60-56(46-26-9-2-10-27-46)44-64(62(60)66,49-32-15-5-16-33-49)50-34-17-6-18-35-50/h1-42,55-56H,43-44H2. The maximum atomic E-state index is 2.64. The Morgan fingerprint density at radius 2 is 0.606 bits per heavy atom. The third-order valence-corrected chi connectivity index (χ3v) is 15.2. The molecule has 0 fully saturated rings. The van der Waals surface area contributed by atoms with E-state index in [2.05, 4.69) is 264 Å². The van der Waals surface area contributed by atoms with E-state index in [9.17, 15) is 0 Å². The maximum Gasteiger partial charge on any atom is 0.0619 e. The molecule has 2 aliphatic carbocycles. The van der Waals surface area contributed by atoms with Gasteiger partial charge >= 0.3 is 0 Å². The molecule has 0 amide bonds. The number of aromatic nitrogens is 2.